The van der Waals surface area contributed by atoms with E-state index in [4.69, 9.17) is 0 Å². The van der Waals surface area contributed by atoms with Gasteiger partial charge in [0, 0.05) is 23.9 Å². The topological polar surface area (TPSA) is 29.1 Å². The predicted octanol–water partition coefficient (Wildman–Crippen LogP) is 4.15. The first-order chi connectivity index (χ1) is 9.97. The fraction of sp³-hybridized carbons (Fsp3) is 0.562. The maximum Gasteiger partial charge on any atom is 0.143 e. The molecule has 5 heteroatoms. The molecule has 0 aliphatic heterocycles. The molecule has 1 saturated carbocycles. The number of carbonyl (C=O) groups excluding carboxylic acids is 1. The second-order valence-electron chi connectivity index (χ2n) is 5.80. The molecule has 0 heterocycles. The summed E-state index contributed by atoms with van der Waals surface area (Å²) < 4.78 is 27.8. The fourth-order valence-corrected chi connectivity index (χ4v) is 3.48. The van der Waals surface area contributed by atoms with Crippen molar-refractivity contribution < 1.29 is 13.6 Å². The molecule has 0 amide bonds. The van der Waals surface area contributed by atoms with Gasteiger partial charge >= 0.3 is 0 Å². The minimum absolute atomic E-state index is 0.123. The molecule has 1 aromatic carbocycles. The van der Waals surface area contributed by atoms with Crippen LogP contribution < -0.4 is 5.32 Å². The Labute approximate surface area is 132 Å². The molecule has 2 nitrogen and oxygen atoms in total. The van der Waals surface area contributed by atoms with Gasteiger partial charge in [0.2, 0.25) is 0 Å². The van der Waals surface area contributed by atoms with Gasteiger partial charge in [-0.05, 0) is 48.0 Å². The van der Waals surface area contributed by atoms with Crippen molar-refractivity contribution in [1.29, 1.82) is 0 Å². The van der Waals surface area contributed by atoms with E-state index in [1.165, 1.54) is 18.6 Å². The second-order valence-corrected chi connectivity index (χ2v) is 6.66. The van der Waals surface area contributed by atoms with Crippen LogP contribution in [0.2, 0.25) is 0 Å². The Kier molecular flexibility index (Phi) is 5.49. The van der Waals surface area contributed by atoms with E-state index in [1.807, 2.05) is 7.05 Å². The molecule has 0 spiro atoms. The number of carbonyl (C=O) groups is 1. The van der Waals surface area contributed by atoms with Gasteiger partial charge in [0.15, 0.2) is 0 Å². The highest BCUT2D eigenvalue weighted by Gasteiger charge is 2.32. The van der Waals surface area contributed by atoms with Crippen LogP contribution in [0.1, 0.15) is 44.1 Å². The Morgan fingerprint density at radius 3 is 2.57 bits per heavy atom. The maximum atomic E-state index is 13.9. The zero-order valence-corrected chi connectivity index (χ0v) is 13.7. The molecule has 1 N–H and O–H groups in total. The van der Waals surface area contributed by atoms with Crippen LogP contribution in [-0.2, 0) is 11.2 Å². The highest BCUT2D eigenvalue weighted by Crippen LogP contribution is 2.32. The van der Waals surface area contributed by atoms with Gasteiger partial charge in [-0.25, -0.2) is 8.78 Å². The summed E-state index contributed by atoms with van der Waals surface area (Å²) in [6, 6.07) is 2.50. The number of ketones is 1. The highest BCUT2D eigenvalue weighted by atomic mass is 79.9. The van der Waals surface area contributed by atoms with Crippen LogP contribution in [0.5, 0.6) is 0 Å². The SMILES string of the molecule is CNC1(CC(=O)Cc2c(F)ccc(Br)c2F)CCCCC1. The van der Waals surface area contributed by atoms with Crippen molar-refractivity contribution in [3.63, 3.8) is 0 Å². The molecule has 21 heavy (non-hydrogen) atoms. The molecular weight excluding hydrogens is 340 g/mol. The Balaban J connectivity index is 2.10. The molecule has 116 valence electrons. The zero-order chi connectivity index (χ0) is 15.5. The number of benzene rings is 1. The van der Waals surface area contributed by atoms with Crippen molar-refractivity contribution in [1.82, 2.24) is 5.32 Å². The molecule has 0 aromatic heterocycles. The summed E-state index contributed by atoms with van der Waals surface area (Å²) in [6.07, 6.45) is 5.39. The minimum Gasteiger partial charge on any atom is -0.314 e. The molecule has 0 atom stereocenters. The first kappa shape index (κ1) is 16.6. The van der Waals surface area contributed by atoms with Gasteiger partial charge < -0.3 is 5.32 Å². The van der Waals surface area contributed by atoms with Gasteiger partial charge in [-0.3, -0.25) is 4.79 Å². The number of Topliss-reactive ketones (excluding diaryl/α,β-unsaturated/α-hetero) is 1. The van der Waals surface area contributed by atoms with Crippen LogP contribution in [0.3, 0.4) is 0 Å². The van der Waals surface area contributed by atoms with Crippen molar-refractivity contribution in [2.24, 2.45) is 0 Å². The average molecular weight is 360 g/mol. The summed E-state index contributed by atoms with van der Waals surface area (Å²) in [4.78, 5) is 12.3. The van der Waals surface area contributed by atoms with Crippen molar-refractivity contribution in [2.45, 2.75) is 50.5 Å². The number of halogens is 3. The largest absolute Gasteiger partial charge is 0.314 e. The van der Waals surface area contributed by atoms with E-state index in [0.717, 1.165) is 25.7 Å². The first-order valence-electron chi connectivity index (χ1n) is 7.30. The molecule has 1 fully saturated rings. The van der Waals surface area contributed by atoms with E-state index in [9.17, 15) is 13.6 Å². The zero-order valence-electron chi connectivity index (χ0n) is 12.1. The standard InChI is InChI=1S/C16H20BrF2NO/c1-20-16(7-3-2-4-8-16)10-11(21)9-12-14(18)6-5-13(17)15(12)19/h5-6,20H,2-4,7-10H2,1H3. The lowest BCUT2D eigenvalue weighted by atomic mass is 9.77. The van der Waals surface area contributed by atoms with Crippen LogP contribution in [0, 0.1) is 11.6 Å². The number of nitrogens with one attached hydrogen (secondary N) is 1. The molecule has 0 unspecified atom stereocenters. The molecule has 1 aromatic rings. The number of hydrogen-bond acceptors (Lipinski definition) is 2. The van der Waals surface area contributed by atoms with Crippen molar-refractivity contribution >= 4 is 21.7 Å². The molecule has 1 aliphatic carbocycles. The Morgan fingerprint density at radius 1 is 1.29 bits per heavy atom. The summed E-state index contributed by atoms with van der Waals surface area (Å²) in [5.41, 5.74) is -0.342. The summed E-state index contributed by atoms with van der Waals surface area (Å²) in [6.45, 7) is 0. The second kappa shape index (κ2) is 6.97. The molecular formula is C16H20BrF2NO. The maximum absolute atomic E-state index is 13.9. The van der Waals surface area contributed by atoms with E-state index in [1.54, 1.807) is 0 Å². The first-order valence-corrected chi connectivity index (χ1v) is 8.10. The normalized spacial score (nSPS) is 17.7. The summed E-state index contributed by atoms with van der Waals surface area (Å²) in [5.74, 6) is -1.46. The predicted molar refractivity (Wildman–Crippen MR) is 82.3 cm³/mol. The Hall–Kier alpha value is -0.810. The lowest BCUT2D eigenvalue weighted by molar-refractivity contribution is -0.120. The van der Waals surface area contributed by atoms with Crippen molar-refractivity contribution in [3.05, 3.63) is 33.8 Å². The molecule has 0 radical (unpaired) electrons. The van der Waals surface area contributed by atoms with E-state index in [0.29, 0.717) is 6.42 Å². The third-order valence-corrected chi connectivity index (χ3v) is 5.00. The third-order valence-electron chi connectivity index (χ3n) is 4.39. The molecule has 2 rings (SSSR count). The van der Waals surface area contributed by atoms with Crippen LogP contribution in [0.4, 0.5) is 8.78 Å². The Morgan fingerprint density at radius 2 is 1.95 bits per heavy atom. The van der Waals surface area contributed by atoms with Crippen molar-refractivity contribution in [2.75, 3.05) is 7.05 Å². The van der Waals surface area contributed by atoms with Crippen molar-refractivity contribution in [3.8, 4) is 0 Å². The van der Waals surface area contributed by atoms with Gasteiger partial charge in [-0.2, -0.15) is 0 Å². The van der Waals surface area contributed by atoms with Gasteiger partial charge in [0.05, 0.1) is 4.47 Å². The van der Waals surface area contributed by atoms with Crippen LogP contribution >= 0.6 is 15.9 Å². The smallest absolute Gasteiger partial charge is 0.143 e. The van der Waals surface area contributed by atoms with Gasteiger partial charge in [0.25, 0.3) is 0 Å². The summed E-state index contributed by atoms with van der Waals surface area (Å²) in [5, 5.41) is 3.26. The molecule has 0 bridgehead atoms. The van der Waals surface area contributed by atoms with E-state index in [2.05, 4.69) is 21.2 Å². The van der Waals surface area contributed by atoms with Gasteiger partial charge in [0.1, 0.15) is 17.4 Å². The average Bonchev–Trinajstić information content (AvgIpc) is 2.48. The highest BCUT2D eigenvalue weighted by molar-refractivity contribution is 9.10. The minimum atomic E-state index is -0.675. The third kappa shape index (κ3) is 3.89. The van der Waals surface area contributed by atoms with E-state index >= 15 is 0 Å². The van der Waals surface area contributed by atoms with E-state index < -0.39 is 11.6 Å². The quantitative estimate of drug-likeness (QED) is 0.800. The summed E-state index contributed by atoms with van der Waals surface area (Å²) in [7, 11) is 1.86. The van der Waals surface area contributed by atoms with Gasteiger partial charge in [-0.15, -0.1) is 0 Å². The number of rotatable bonds is 5. The monoisotopic (exact) mass is 359 g/mol. The van der Waals surface area contributed by atoms with Crippen LogP contribution in [0.25, 0.3) is 0 Å². The lowest BCUT2D eigenvalue weighted by Gasteiger charge is -2.36. The lowest BCUT2D eigenvalue weighted by Crippen LogP contribution is -2.46. The fourth-order valence-electron chi connectivity index (χ4n) is 3.11. The van der Waals surface area contributed by atoms with Crippen LogP contribution in [0.15, 0.2) is 16.6 Å². The summed E-state index contributed by atoms with van der Waals surface area (Å²) >= 11 is 3.03. The Bertz CT molecular complexity index is 527. The molecule has 0 saturated heterocycles. The van der Waals surface area contributed by atoms with Gasteiger partial charge in [-0.1, -0.05) is 19.3 Å². The molecule has 1 aliphatic rings. The van der Waals surface area contributed by atoms with Crippen LogP contribution in [-0.4, -0.2) is 18.4 Å². The van der Waals surface area contributed by atoms with E-state index in [-0.39, 0.29) is 27.8 Å². The number of hydrogen-bond donors (Lipinski definition) is 1.